The number of unbranched alkanes of at least 4 members (excludes halogenated alkanes) is 4. The van der Waals surface area contributed by atoms with Crippen molar-refractivity contribution >= 4 is 5.69 Å². The van der Waals surface area contributed by atoms with Crippen molar-refractivity contribution in [2.24, 2.45) is 0 Å². The van der Waals surface area contributed by atoms with Crippen molar-refractivity contribution in [1.82, 2.24) is 0 Å². The lowest BCUT2D eigenvalue weighted by Crippen LogP contribution is -2.00. The van der Waals surface area contributed by atoms with Gasteiger partial charge in [0, 0.05) is 12.2 Å². The van der Waals surface area contributed by atoms with Crippen LogP contribution in [0.3, 0.4) is 0 Å². The summed E-state index contributed by atoms with van der Waals surface area (Å²) in [5.74, 6) is 1.54. The first-order valence-corrected chi connectivity index (χ1v) is 9.74. The van der Waals surface area contributed by atoms with E-state index < -0.39 is 0 Å². The van der Waals surface area contributed by atoms with Crippen molar-refractivity contribution in [2.75, 3.05) is 11.9 Å². The maximum Gasteiger partial charge on any atom is 0.119 e. The lowest BCUT2D eigenvalue weighted by Gasteiger charge is -2.10. The van der Waals surface area contributed by atoms with Crippen LogP contribution in [0.2, 0.25) is 0 Å². The topological polar surface area (TPSA) is 21.3 Å². The van der Waals surface area contributed by atoms with Gasteiger partial charge in [-0.3, -0.25) is 0 Å². The zero-order valence-corrected chi connectivity index (χ0v) is 16.1. The molecule has 25 heavy (non-hydrogen) atoms. The Morgan fingerprint density at radius 2 is 1.52 bits per heavy atom. The third-order valence-electron chi connectivity index (χ3n) is 4.51. The maximum atomic E-state index is 5.81. The van der Waals surface area contributed by atoms with E-state index in [2.05, 4.69) is 74.6 Å². The van der Waals surface area contributed by atoms with Gasteiger partial charge < -0.3 is 10.1 Å². The molecule has 0 fully saturated rings. The molecule has 0 saturated carbocycles. The molecule has 0 radical (unpaired) electrons. The molecule has 2 aromatic carbocycles. The summed E-state index contributed by atoms with van der Waals surface area (Å²) in [5.41, 5.74) is 3.82. The molecule has 0 saturated heterocycles. The molecule has 0 bridgehead atoms. The SMILES string of the molecule is CCCCCCCOc1ccc(NCc2ccc(C(C)C)cc2)cc1. The Labute approximate surface area is 153 Å². The Morgan fingerprint density at radius 1 is 0.840 bits per heavy atom. The summed E-state index contributed by atoms with van der Waals surface area (Å²) < 4.78 is 5.81. The fourth-order valence-corrected chi connectivity index (χ4v) is 2.79. The minimum absolute atomic E-state index is 0.584. The van der Waals surface area contributed by atoms with E-state index in [0.717, 1.165) is 31.0 Å². The maximum absolute atomic E-state index is 5.81. The van der Waals surface area contributed by atoms with Gasteiger partial charge in [-0.15, -0.1) is 0 Å². The van der Waals surface area contributed by atoms with E-state index in [-0.39, 0.29) is 0 Å². The lowest BCUT2D eigenvalue weighted by molar-refractivity contribution is 0.304. The quantitative estimate of drug-likeness (QED) is 0.456. The number of hydrogen-bond acceptors (Lipinski definition) is 2. The fraction of sp³-hybridized carbons (Fsp3) is 0.478. The fourth-order valence-electron chi connectivity index (χ4n) is 2.79. The zero-order valence-electron chi connectivity index (χ0n) is 16.1. The molecule has 0 atom stereocenters. The molecule has 0 aromatic heterocycles. The van der Waals surface area contributed by atoms with Crippen LogP contribution in [0.15, 0.2) is 48.5 Å². The predicted molar refractivity (Wildman–Crippen MR) is 109 cm³/mol. The largest absolute Gasteiger partial charge is 0.494 e. The van der Waals surface area contributed by atoms with Crippen molar-refractivity contribution in [1.29, 1.82) is 0 Å². The van der Waals surface area contributed by atoms with E-state index >= 15 is 0 Å². The van der Waals surface area contributed by atoms with Crippen LogP contribution >= 0.6 is 0 Å². The number of hydrogen-bond donors (Lipinski definition) is 1. The van der Waals surface area contributed by atoms with Gasteiger partial charge in [-0.1, -0.05) is 70.7 Å². The normalized spacial score (nSPS) is 10.9. The second-order valence-electron chi connectivity index (χ2n) is 7.04. The van der Waals surface area contributed by atoms with E-state index in [1.54, 1.807) is 0 Å². The molecule has 0 unspecified atom stereocenters. The highest BCUT2D eigenvalue weighted by Crippen LogP contribution is 2.18. The number of anilines is 1. The van der Waals surface area contributed by atoms with E-state index in [4.69, 9.17) is 4.74 Å². The van der Waals surface area contributed by atoms with Crippen LogP contribution in [0.25, 0.3) is 0 Å². The first-order valence-electron chi connectivity index (χ1n) is 9.74. The third-order valence-corrected chi connectivity index (χ3v) is 4.51. The van der Waals surface area contributed by atoms with E-state index in [1.165, 1.54) is 36.8 Å². The second kappa shape index (κ2) is 10.8. The van der Waals surface area contributed by atoms with Crippen LogP contribution in [0.4, 0.5) is 5.69 Å². The minimum atomic E-state index is 0.584. The van der Waals surface area contributed by atoms with Gasteiger partial charge in [0.2, 0.25) is 0 Å². The van der Waals surface area contributed by atoms with E-state index in [1.807, 2.05) is 0 Å². The molecule has 0 heterocycles. The van der Waals surface area contributed by atoms with E-state index in [0.29, 0.717) is 5.92 Å². The molecule has 2 heteroatoms. The molecular weight excluding hydrogens is 306 g/mol. The molecule has 0 spiro atoms. The van der Waals surface area contributed by atoms with Crippen molar-refractivity contribution in [3.05, 3.63) is 59.7 Å². The highest BCUT2D eigenvalue weighted by atomic mass is 16.5. The van der Waals surface area contributed by atoms with Gasteiger partial charge >= 0.3 is 0 Å². The number of ether oxygens (including phenoxy) is 1. The van der Waals surface area contributed by atoms with Crippen LogP contribution in [0.5, 0.6) is 5.75 Å². The molecule has 0 aliphatic rings. The smallest absolute Gasteiger partial charge is 0.119 e. The summed E-state index contributed by atoms with van der Waals surface area (Å²) in [6.07, 6.45) is 6.36. The van der Waals surface area contributed by atoms with Gasteiger partial charge in [0.25, 0.3) is 0 Å². The molecule has 1 N–H and O–H groups in total. The van der Waals surface area contributed by atoms with Crippen LogP contribution in [0.1, 0.15) is 69.9 Å². The lowest BCUT2D eigenvalue weighted by atomic mass is 10.0. The molecule has 0 aliphatic carbocycles. The van der Waals surface area contributed by atoms with Crippen molar-refractivity contribution < 1.29 is 4.74 Å². The van der Waals surface area contributed by atoms with Gasteiger partial charge in [-0.05, 0) is 47.7 Å². The number of benzene rings is 2. The molecular formula is C23H33NO. The van der Waals surface area contributed by atoms with Crippen molar-refractivity contribution in [3.8, 4) is 5.75 Å². The van der Waals surface area contributed by atoms with Crippen molar-refractivity contribution in [2.45, 2.75) is 65.3 Å². The summed E-state index contributed by atoms with van der Waals surface area (Å²) in [6.45, 7) is 8.35. The summed E-state index contributed by atoms with van der Waals surface area (Å²) in [4.78, 5) is 0. The first-order chi connectivity index (χ1) is 12.2. The van der Waals surface area contributed by atoms with Crippen LogP contribution in [0, 0.1) is 0 Å². The third kappa shape index (κ3) is 7.21. The van der Waals surface area contributed by atoms with Crippen LogP contribution in [-0.4, -0.2) is 6.61 Å². The molecule has 2 nitrogen and oxygen atoms in total. The molecule has 2 aromatic rings. The minimum Gasteiger partial charge on any atom is -0.494 e. The highest BCUT2D eigenvalue weighted by molar-refractivity contribution is 5.46. The summed E-state index contributed by atoms with van der Waals surface area (Å²) in [5, 5.41) is 3.47. The average Bonchev–Trinajstić information content (AvgIpc) is 2.64. The van der Waals surface area contributed by atoms with Crippen molar-refractivity contribution in [3.63, 3.8) is 0 Å². The number of nitrogens with one attached hydrogen (secondary N) is 1. The second-order valence-corrected chi connectivity index (χ2v) is 7.04. The Morgan fingerprint density at radius 3 is 2.16 bits per heavy atom. The average molecular weight is 340 g/mol. The zero-order chi connectivity index (χ0) is 17.9. The Kier molecular flexibility index (Phi) is 8.38. The monoisotopic (exact) mass is 339 g/mol. The Balaban J connectivity index is 1.71. The molecule has 0 aliphatic heterocycles. The summed E-state index contributed by atoms with van der Waals surface area (Å²) in [6, 6.07) is 17.1. The van der Waals surface area contributed by atoms with Gasteiger partial charge in [0.15, 0.2) is 0 Å². The summed E-state index contributed by atoms with van der Waals surface area (Å²) >= 11 is 0. The van der Waals surface area contributed by atoms with Gasteiger partial charge in [0.05, 0.1) is 6.61 Å². The van der Waals surface area contributed by atoms with Gasteiger partial charge in [0.1, 0.15) is 5.75 Å². The standard InChI is InChI=1S/C23H33NO/c1-4-5-6-7-8-17-25-23-15-13-22(14-16-23)24-18-20-9-11-21(12-10-20)19(2)3/h9-16,19,24H,4-8,17-18H2,1-3H3. The summed E-state index contributed by atoms with van der Waals surface area (Å²) in [7, 11) is 0. The first kappa shape index (κ1) is 19.4. The van der Waals surface area contributed by atoms with Gasteiger partial charge in [-0.25, -0.2) is 0 Å². The Hall–Kier alpha value is -1.96. The molecule has 2 rings (SSSR count). The van der Waals surface area contributed by atoms with Crippen LogP contribution < -0.4 is 10.1 Å². The van der Waals surface area contributed by atoms with E-state index in [9.17, 15) is 0 Å². The predicted octanol–water partition coefficient (Wildman–Crippen LogP) is 6.77. The van der Waals surface area contributed by atoms with Crippen LogP contribution in [-0.2, 0) is 6.54 Å². The molecule has 0 amide bonds. The molecule has 136 valence electrons. The number of rotatable bonds is 11. The van der Waals surface area contributed by atoms with Gasteiger partial charge in [-0.2, -0.15) is 0 Å². The highest BCUT2D eigenvalue weighted by Gasteiger charge is 2.00. The Bertz CT molecular complexity index is 586.